The van der Waals surface area contributed by atoms with Crippen LogP contribution in [0.4, 0.5) is 0 Å². The Morgan fingerprint density at radius 1 is 0.923 bits per heavy atom. The number of imidazole rings is 1. The van der Waals surface area contributed by atoms with Crippen LogP contribution in [-0.4, -0.2) is 36.0 Å². The molecule has 2 fully saturated rings. The lowest BCUT2D eigenvalue weighted by Crippen LogP contribution is -2.44. The van der Waals surface area contributed by atoms with Crippen LogP contribution < -0.4 is 11.0 Å². The molecule has 0 radical (unpaired) electrons. The molecule has 1 saturated heterocycles. The fraction of sp³-hybridized carbons (Fsp3) is 0.483. The van der Waals surface area contributed by atoms with Crippen molar-refractivity contribution >= 4 is 33.0 Å². The Labute approximate surface area is 228 Å². The third-order valence-electron chi connectivity index (χ3n) is 8.24. The summed E-state index contributed by atoms with van der Waals surface area (Å²) in [4.78, 5) is 37.2. The van der Waals surface area contributed by atoms with Gasteiger partial charge in [-0.15, -0.1) is 0 Å². The van der Waals surface area contributed by atoms with Gasteiger partial charge in [-0.05, 0) is 80.7 Å². The molecule has 10 heteroatoms. The molecule has 208 valence electrons. The number of hydrogen-bond acceptors (Lipinski definition) is 6. The van der Waals surface area contributed by atoms with Gasteiger partial charge in [-0.1, -0.05) is 36.6 Å². The molecule has 1 atom stereocenters. The summed E-state index contributed by atoms with van der Waals surface area (Å²) in [6, 6.07) is 12.0. The average molecular weight is 554 g/mol. The van der Waals surface area contributed by atoms with E-state index in [1.54, 1.807) is 35.9 Å². The molecule has 0 spiro atoms. The fourth-order valence-corrected chi connectivity index (χ4v) is 6.84. The van der Waals surface area contributed by atoms with Crippen LogP contribution in [0.3, 0.4) is 0 Å². The van der Waals surface area contributed by atoms with E-state index in [-0.39, 0.29) is 29.5 Å². The zero-order chi connectivity index (χ0) is 27.7. The maximum absolute atomic E-state index is 13.0. The fourth-order valence-electron chi connectivity index (χ4n) is 5.92. The number of aryl methyl sites for hydroxylation is 2. The summed E-state index contributed by atoms with van der Waals surface area (Å²) < 4.78 is 33.2. The van der Waals surface area contributed by atoms with Gasteiger partial charge in [-0.3, -0.25) is 28.2 Å². The summed E-state index contributed by atoms with van der Waals surface area (Å²) in [5, 5.41) is 2.34. The van der Waals surface area contributed by atoms with Crippen molar-refractivity contribution in [3.63, 3.8) is 0 Å². The normalized spacial score (nSPS) is 22.3. The van der Waals surface area contributed by atoms with Gasteiger partial charge in [0.25, 0.3) is 10.1 Å². The number of fused-ring (bicyclic) bond motifs is 1. The van der Waals surface area contributed by atoms with E-state index in [4.69, 9.17) is 4.18 Å². The molecule has 3 aromatic rings. The van der Waals surface area contributed by atoms with Gasteiger partial charge in [-0.2, -0.15) is 8.42 Å². The van der Waals surface area contributed by atoms with E-state index >= 15 is 0 Å². The predicted octanol–water partition coefficient (Wildman–Crippen LogP) is 3.77. The maximum Gasteiger partial charge on any atom is 0.329 e. The molecule has 1 unspecified atom stereocenters. The molecule has 1 aliphatic heterocycles. The van der Waals surface area contributed by atoms with Crippen molar-refractivity contribution < 1.29 is 22.2 Å². The van der Waals surface area contributed by atoms with E-state index in [1.807, 2.05) is 25.1 Å². The molecule has 39 heavy (non-hydrogen) atoms. The highest BCUT2D eigenvalue weighted by molar-refractivity contribution is 7.86. The van der Waals surface area contributed by atoms with E-state index in [1.165, 1.54) is 4.57 Å². The minimum absolute atomic E-state index is 0.193. The molecule has 2 aromatic carbocycles. The third kappa shape index (κ3) is 5.86. The van der Waals surface area contributed by atoms with Gasteiger partial charge < -0.3 is 0 Å². The van der Waals surface area contributed by atoms with Crippen molar-refractivity contribution in [1.82, 2.24) is 14.5 Å². The minimum Gasteiger partial charge on any atom is -0.295 e. The quantitative estimate of drug-likeness (QED) is 0.335. The first-order valence-electron chi connectivity index (χ1n) is 13.6. The van der Waals surface area contributed by atoms with Crippen LogP contribution in [0.1, 0.15) is 62.1 Å². The highest BCUT2D eigenvalue weighted by Crippen LogP contribution is 2.34. The Morgan fingerprint density at radius 2 is 1.62 bits per heavy atom. The van der Waals surface area contributed by atoms with Gasteiger partial charge in [0.05, 0.1) is 22.5 Å². The number of aromatic nitrogens is 2. The molecule has 2 aliphatic rings. The van der Waals surface area contributed by atoms with Gasteiger partial charge in [-0.25, -0.2) is 4.79 Å². The summed E-state index contributed by atoms with van der Waals surface area (Å²) in [7, 11) is -2.02. The van der Waals surface area contributed by atoms with Gasteiger partial charge in [0.15, 0.2) is 0 Å². The molecular formula is C29H35N3O6S. The number of nitrogens with one attached hydrogen (secondary N) is 1. The molecule has 1 N–H and O–H groups in total. The van der Waals surface area contributed by atoms with Crippen molar-refractivity contribution in [2.24, 2.45) is 18.9 Å². The second-order valence-corrected chi connectivity index (χ2v) is 12.6. The summed E-state index contributed by atoms with van der Waals surface area (Å²) in [5.41, 5.74) is 3.37. The van der Waals surface area contributed by atoms with Crippen LogP contribution in [0.25, 0.3) is 11.0 Å². The van der Waals surface area contributed by atoms with E-state index in [2.05, 4.69) is 5.32 Å². The van der Waals surface area contributed by atoms with Crippen molar-refractivity contribution in [3.8, 4) is 0 Å². The standard InChI is InChI=1S/C29H35N3O6S/c1-19-3-10-23(11-4-19)39(36,37)38-16-15-20-5-7-21(8-6-20)17-22-9-12-24-26(18-22)31(2)29(35)32(24)25-13-14-27(33)30-28(25)34/h3-4,9-12,18,20-21,25H,5-8,13-17H2,1-2H3,(H,30,33,34)/t20-,21+,25?. The van der Waals surface area contributed by atoms with Crippen molar-refractivity contribution in [2.75, 3.05) is 6.61 Å². The first kappa shape index (κ1) is 27.3. The first-order valence-corrected chi connectivity index (χ1v) is 15.0. The summed E-state index contributed by atoms with van der Waals surface area (Å²) >= 11 is 0. The second kappa shape index (κ2) is 11.1. The smallest absolute Gasteiger partial charge is 0.295 e. The topological polar surface area (TPSA) is 116 Å². The number of imide groups is 1. The number of amides is 2. The molecule has 9 nitrogen and oxygen atoms in total. The maximum atomic E-state index is 13.0. The number of benzene rings is 2. The van der Waals surface area contributed by atoms with E-state index < -0.39 is 22.1 Å². The molecule has 2 heterocycles. The molecule has 5 rings (SSSR count). The number of nitrogens with zero attached hydrogens (tertiary/aromatic N) is 2. The lowest BCUT2D eigenvalue weighted by molar-refractivity contribution is -0.135. The number of piperidine rings is 1. The Bertz CT molecular complexity index is 1550. The van der Waals surface area contributed by atoms with Crippen molar-refractivity contribution in [2.45, 2.75) is 69.2 Å². The van der Waals surface area contributed by atoms with Gasteiger partial charge in [0.2, 0.25) is 11.8 Å². The zero-order valence-corrected chi connectivity index (χ0v) is 23.2. The van der Waals surface area contributed by atoms with Crippen molar-refractivity contribution in [1.29, 1.82) is 0 Å². The average Bonchev–Trinajstić information content (AvgIpc) is 3.15. The lowest BCUT2D eigenvalue weighted by atomic mass is 9.78. The van der Waals surface area contributed by atoms with Gasteiger partial charge in [0.1, 0.15) is 6.04 Å². The van der Waals surface area contributed by atoms with E-state index in [9.17, 15) is 22.8 Å². The molecule has 0 bridgehead atoms. The first-order chi connectivity index (χ1) is 18.6. The number of rotatable bonds is 8. The number of hydrogen-bond donors (Lipinski definition) is 1. The Morgan fingerprint density at radius 3 is 2.31 bits per heavy atom. The zero-order valence-electron chi connectivity index (χ0n) is 22.4. The summed E-state index contributed by atoms with van der Waals surface area (Å²) in [6.07, 6.45) is 6.34. The SMILES string of the molecule is Cc1ccc(S(=O)(=O)OCC[C@H]2CC[C@@H](Cc3ccc4c(c3)n(C)c(=O)n4C3CCC(=O)NC3=O)CC2)cc1. The summed E-state index contributed by atoms with van der Waals surface area (Å²) in [6.45, 7) is 2.11. The van der Waals surface area contributed by atoms with Crippen molar-refractivity contribution in [3.05, 3.63) is 64.1 Å². The van der Waals surface area contributed by atoms with Crippen LogP contribution >= 0.6 is 0 Å². The highest BCUT2D eigenvalue weighted by Gasteiger charge is 2.31. The molecule has 1 aliphatic carbocycles. The molecule has 1 aromatic heterocycles. The summed E-state index contributed by atoms with van der Waals surface area (Å²) in [5.74, 6) is 0.228. The van der Waals surface area contributed by atoms with Crippen LogP contribution in [-0.2, 0) is 37.4 Å². The Balaban J connectivity index is 1.16. The van der Waals surface area contributed by atoms with Gasteiger partial charge >= 0.3 is 5.69 Å². The second-order valence-electron chi connectivity index (χ2n) is 11.0. The molecule has 1 saturated carbocycles. The Kier molecular flexibility index (Phi) is 7.77. The Hall–Kier alpha value is -3.24. The van der Waals surface area contributed by atoms with Crippen LogP contribution in [0.15, 0.2) is 52.2 Å². The molecule has 2 amide bonds. The predicted molar refractivity (Wildman–Crippen MR) is 147 cm³/mol. The lowest BCUT2D eigenvalue weighted by Gasteiger charge is -2.28. The molecular weight excluding hydrogens is 518 g/mol. The monoisotopic (exact) mass is 553 g/mol. The third-order valence-corrected chi connectivity index (χ3v) is 9.57. The number of carbonyl (C=O) groups is 2. The van der Waals surface area contributed by atoms with E-state index in [0.717, 1.165) is 55.2 Å². The minimum atomic E-state index is -3.73. The van der Waals surface area contributed by atoms with Gasteiger partial charge in [0, 0.05) is 13.5 Å². The van der Waals surface area contributed by atoms with Crippen LogP contribution in [0.5, 0.6) is 0 Å². The highest BCUT2D eigenvalue weighted by atomic mass is 32.2. The van der Waals surface area contributed by atoms with Crippen LogP contribution in [0, 0.1) is 18.8 Å². The largest absolute Gasteiger partial charge is 0.329 e. The number of carbonyl (C=O) groups excluding carboxylic acids is 2. The van der Waals surface area contributed by atoms with Crippen LogP contribution in [0.2, 0.25) is 0 Å². The van der Waals surface area contributed by atoms with E-state index in [0.29, 0.717) is 23.8 Å².